The van der Waals surface area contributed by atoms with Crippen LogP contribution >= 0.6 is 0 Å². The quantitative estimate of drug-likeness (QED) is 0.317. The molecule has 1 fully saturated rings. The number of alkyl halides is 5. The maximum absolute atomic E-state index is 15.0. The van der Waals surface area contributed by atoms with Gasteiger partial charge in [0, 0.05) is 24.6 Å². The molecule has 2 N–H and O–H groups in total. The van der Waals surface area contributed by atoms with Crippen molar-refractivity contribution in [3.05, 3.63) is 101 Å². The first-order valence-electron chi connectivity index (χ1n) is 14.5. The lowest BCUT2D eigenvalue weighted by Crippen LogP contribution is -2.62. The molecule has 3 aromatic rings. The highest BCUT2D eigenvalue weighted by Crippen LogP contribution is 2.34. The Morgan fingerprint density at radius 1 is 0.911 bits per heavy atom. The molecule has 1 saturated carbocycles. The summed E-state index contributed by atoms with van der Waals surface area (Å²) < 4.78 is 69.7. The van der Waals surface area contributed by atoms with Crippen molar-refractivity contribution in [3.8, 4) is 0 Å². The van der Waals surface area contributed by atoms with Gasteiger partial charge in [0.2, 0.25) is 12.1 Å². The number of para-hydroxylation sites is 1. The number of aliphatic imine (C=N–C) groups is 1. The van der Waals surface area contributed by atoms with E-state index in [4.69, 9.17) is 0 Å². The largest absolute Gasteiger partial charge is 0.416 e. The Bertz CT molecular complexity index is 1600. The fourth-order valence-corrected chi connectivity index (χ4v) is 5.68. The summed E-state index contributed by atoms with van der Waals surface area (Å²) in [6, 6.07) is 19.4. The van der Waals surface area contributed by atoms with Crippen LogP contribution in [-0.2, 0) is 27.0 Å². The third-order valence-corrected chi connectivity index (χ3v) is 8.24. The van der Waals surface area contributed by atoms with Crippen molar-refractivity contribution < 1.29 is 36.3 Å². The number of nitrogens with zero attached hydrogens (tertiary/aromatic N) is 2. The Hall–Kier alpha value is -4.61. The molecule has 1 heterocycles. The Balaban J connectivity index is 1.42. The summed E-state index contributed by atoms with van der Waals surface area (Å²) in [6.45, 7) is 0. The number of benzodiazepines with no additional fused rings is 1. The maximum atomic E-state index is 15.0. The molecule has 5 rings (SSSR count). The molecule has 0 radical (unpaired) electrons. The molecule has 0 spiro atoms. The fraction of sp³-hybridized carbons (Fsp3) is 0.333. The minimum atomic E-state index is -4.56. The second-order valence-electron chi connectivity index (χ2n) is 11.3. The molecule has 0 bridgehead atoms. The molecule has 1 aliphatic carbocycles. The number of benzene rings is 3. The Labute approximate surface area is 256 Å². The summed E-state index contributed by atoms with van der Waals surface area (Å²) in [4.78, 5) is 46.0. The predicted octanol–water partition coefficient (Wildman–Crippen LogP) is 5.66. The van der Waals surface area contributed by atoms with E-state index in [-0.39, 0.29) is 30.5 Å². The SMILES string of the molecule is CN1C(=O)C(NC(=O)C2(NC(=O)C(F)(F)CCc3ccccc3)CCCC2)N=C(c2ccc(C(F)(F)F)cc2)c2ccccc21. The molecular weight excluding hydrogens is 595 g/mol. The Morgan fingerprint density at radius 3 is 2.18 bits per heavy atom. The van der Waals surface area contributed by atoms with Crippen molar-refractivity contribution in [1.29, 1.82) is 0 Å². The van der Waals surface area contributed by atoms with E-state index in [0.717, 1.165) is 12.1 Å². The van der Waals surface area contributed by atoms with E-state index in [2.05, 4.69) is 15.6 Å². The third-order valence-electron chi connectivity index (χ3n) is 8.24. The topological polar surface area (TPSA) is 90.9 Å². The minimum Gasteiger partial charge on any atom is -0.336 e. The van der Waals surface area contributed by atoms with Gasteiger partial charge in [0.15, 0.2) is 0 Å². The number of halogens is 5. The number of amides is 3. The number of likely N-dealkylation sites (N-methyl/N-ethyl adjacent to an activating group) is 1. The number of rotatable bonds is 8. The van der Waals surface area contributed by atoms with Crippen LogP contribution in [0.1, 0.15) is 54.4 Å². The van der Waals surface area contributed by atoms with Crippen molar-refractivity contribution >= 4 is 29.1 Å². The lowest BCUT2D eigenvalue weighted by atomic mass is 9.94. The Kier molecular flexibility index (Phi) is 8.77. The number of hydrogen-bond donors (Lipinski definition) is 2. The van der Waals surface area contributed by atoms with Gasteiger partial charge < -0.3 is 15.5 Å². The van der Waals surface area contributed by atoms with Crippen molar-refractivity contribution in [2.45, 2.75) is 62.3 Å². The van der Waals surface area contributed by atoms with E-state index in [1.807, 2.05) is 0 Å². The van der Waals surface area contributed by atoms with E-state index >= 15 is 8.78 Å². The highest BCUT2D eigenvalue weighted by molar-refractivity contribution is 6.20. The smallest absolute Gasteiger partial charge is 0.336 e. The van der Waals surface area contributed by atoms with Crippen LogP contribution in [0, 0.1) is 0 Å². The Morgan fingerprint density at radius 2 is 1.53 bits per heavy atom. The number of fused-ring (bicyclic) bond motifs is 1. The third kappa shape index (κ3) is 6.74. The molecule has 1 unspecified atom stereocenters. The minimum absolute atomic E-state index is 0.0502. The molecule has 3 aromatic carbocycles. The summed E-state index contributed by atoms with van der Waals surface area (Å²) in [5.74, 6) is -6.86. The van der Waals surface area contributed by atoms with Crippen LogP contribution in [0.3, 0.4) is 0 Å². The van der Waals surface area contributed by atoms with Gasteiger partial charge in [-0.15, -0.1) is 0 Å². The standard InChI is InChI=1S/C33H31F5N4O3/c1-42-25-12-6-5-11-24(25)26(22-13-15-23(16-14-22)33(36,37)38)39-27(28(42)43)40-29(44)31(18-7-8-19-31)41-30(45)32(34,35)20-17-21-9-3-2-4-10-21/h2-6,9-16,27H,7-8,17-20H2,1H3,(H,40,44)(H,41,45). The zero-order chi connectivity index (χ0) is 32.4. The molecule has 0 aromatic heterocycles. The van der Waals surface area contributed by atoms with Crippen LogP contribution in [-0.4, -0.2) is 48.1 Å². The van der Waals surface area contributed by atoms with Crippen LogP contribution in [0.25, 0.3) is 0 Å². The van der Waals surface area contributed by atoms with Crippen LogP contribution < -0.4 is 15.5 Å². The number of aryl methyl sites for hydroxylation is 1. The highest BCUT2D eigenvalue weighted by atomic mass is 19.4. The van der Waals surface area contributed by atoms with Gasteiger partial charge in [0.05, 0.1) is 17.0 Å². The van der Waals surface area contributed by atoms with Crippen LogP contribution in [0.4, 0.5) is 27.6 Å². The number of carbonyl (C=O) groups excluding carboxylic acids is 3. The van der Waals surface area contributed by atoms with Gasteiger partial charge >= 0.3 is 12.1 Å². The molecule has 45 heavy (non-hydrogen) atoms. The lowest BCUT2D eigenvalue weighted by molar-refractivity contribution is -0.151. The van der Waals surface area contributed by atoms with Gasteiger partial charge in [-0.25, -0.2) is 4.99 Å². The second kappa shape index (κ2) is 12.4. The average Bonchev–Trinajstić information content (AvgIpc) is 3.48. The van der Waals surface area contributed by atoms with Crippen LogP contribution in [0.15, 0.2) is 83.9 Å². The van der Waals surface area contributed by atoms with Gasteiger partial charge in [-0.1, -0.05) is 73.5 Å². The van der Waals surface area contributed by atoms with Crippen molar-refractivity contribution in [2.75, 3.05) is 11.9 Å². The van der Waals surface area contributed by atoms with Crippen molar-refractivity contribution in [3.63, 3.8) is 0 Å². The van der Waals surface area contributed by atoms with E-state index in [0.29, 0.717) is 29.7 Å². The van der Waals surface area contributed by atoms with Crippen LogP contribution in [0.5, 0.6) is 0 Å². The van der Waals surface area contributed by atoms with Crippen molar-refractivity contribution in [1.82, 2.24) is 10.6 Å². The average molecular weight is 627 g/mol. The van der Waals surface area contributed by atoms with Gasteiger partial charge in [-0.2, -0.15) is 22.0 Å². The van der Waals surface area contributed by atoms with Crippen LogP contribution in [0.2, 0.25) is 0 Å². The second-order valence-corrected chi connectivity index (χ2v) is 11.3. The molecule has 236 valence electrons. The molecule has 1 atom stereocenters. The summed E-state index contributed by atoms with van der Waals surface area (Å²) >= 11 is 0. The molecule has 2 aliphatic rings. The van der Waals surface area contributed by atoms with Gasteiger partial charge in [0.1, 0.15) is 5.54 Å². The molecular formula is C33H31F5N4O3. The summed E-state index contributed by atoms with van der Waals surface area (Å²) in [5.41, 5.74) is -0.677. The zero-order valence-electron chi connectivity index (χ0n) is 24.3. The summed E-state index contributed by atoms with van der Waals surface area (Å²) in [5, 5.41) is 4.85. The lowest BCUT2D eigenvalue weighted by Gasteiger charge is -2.32. The van der Waals surface area contributed by atoms with E-state index in [1.54, 1.807) is 54.6 Å². The predicted molar refractivity (Wildman–Crippen MR) is 158 cm³/mol. The van der Waals surface area contributed by atoms with Gasteiger partial charge in [0.25, 0.3) is 11.8 Å². The number of nitrogens with one attached hydrogen (secondary N) is 2. The highest BCUT2D eigenvalue weighted by Gasteiger charge is 2.49. The first-order chi connectivity index (χ1) is 21.3. The molecule has 3 amide bonds. The normalized spacial score (nSPS) is 18.1. The fourth-order valence-electron chi connectivity index (χ4n) is 5.68. The first kappa shape index (κ1) is 31.8. The number of hydrogen-bond acceptors (Lipinski definition) is 4. The molecule has 7 nitrogen and oxygen atoms in total. The summed E-state index contributed by atoms with van der Waals surface area (Å²) in [6.07, 6.45) is -5.82. The molecule has 1 aliphatic heterocycles. The first-order valence-corrected chi connectivity index (χ1v) is 14.5. The molecule has 0 saturated heterocycles. The summed E-state index contributed by atoms with van der Waals surface area (Å²) in [7, 11) is 1.46. The van der Waals surface area contributed by atoms with Crippen molar-refractivity contribution in [2.24, 2.45) is 4.99 Å². The van der Waals surface area contributed by atoms with Gasteiger partial charge in [-0.05, 0) is 43.0 Å². The van der Waals surface area contributed by atoms with E-state index < -0.39 is 53.5 Å². The maximum Gasteiger partial charge on any atom is 0.416 e. The number of anilines is 1. The monoisotopic (exact) mass is 626 g/mol. The van der Waals surface area contributed by atoms with E-state index in [9.17, 15) is 27.6 Å². The van der Waals surface area contributed by atoms with E-state index in [1.165, 1.54) is 24.1 Å². The zero-order valence-corrected chi connectivity index (χ0v) is 24.3. The number of carbonyl (C=O) groups is 3. The molecule has 12 heteroatoms. The van der Waals surface area contributed by atoms with Gasteiger partial charge in [-0.3, -0.25) is 14.4 Å².